The average Bonchev–Trinajstić information content (AvgIpc) is 3.63. The number of aliphatic hydroxyl groups is 1. The molecule has 13 heteroatoms. The van der Waals surface area contributed by atoms with Crippen molar-refractivity contribution in [3.8, 4) is 0 Å². The van der Waals surface area contributed by atoms with E-state index in [2.05, 4.69) is 15.5 Å². The molecule has 3 heterocycles. The van der Waals surface area contributed by atoms with Crippen molar-refractivity contribution in [2.45, 2.75) is 55.8 Å². The minimum absolute atomic E-state index is 0.0410. The molecule has 0 bridgehead atoms. The first kappa shape index (κ1) is 31.4. The third kappa shape index (κ3) is 7.29. The van der Waals surface area contributed by atoms with Gasteiger partial charge in [0.2, 0.25) is 5.91 Å². The van der Waals surface area contributed by atoms with E-state index in [1.54, 1.807) is 24.5 Å². The van der Waals surface area contributed by atoms with Gasteiger partial charge < -0.3 is 29.2 Å². The summed E-state index contributed by atoms with van der Waals surface area (Å²) in [6.07, 6.45) is -0.0811. The van der Waals surface area contributed by atoms with Crippen LogP contribution in [0.15, 0.2) is 90.3 Å². The Hall–Kier alpha value is -4.56. The highest BCUT2D eigenvalue weighted by molar-refractivity contribution is 7.99. The summed E-state index contributed by atoms with van der Waals surface area (Å²) in [5, 5.41) is 20.9. The molecule has 4 aromatic rings. The van der Waals surface area contributed by atoms with Crippen molar-refractivity contribution in [1.82, 2.24) is 20.1 Å². The minimum atomic E-state index is -1.05. The van der Waals surface area contributed by atoms with Crippen LogP contribution in [0, 0.1) is 0 Å². The summed E-state index contributed by atoms with van der Waals surface area (Å²) in [6, 6.07) is 22.6. The number of anilines is 1. The van der Waals surface area contributed by atoms with Crippen molar-refractivity contribution in [3.05, 3.63) is 107 Å². The third-order valence-electron chi connectivity index (χ3n) is 7.74. The summed E-state index contributed by atoms with van der Waals surface area (Å²) in [5.74, 6) is -0.404. The van der Waals surface area contributed by atoms with E-state index in [4.69, 9.17) is 14.2 Å². The van der Waals surface area contributed by atoms with Crippen LogP contribution in [0.5, 0.6) is 0 Å². The van der Waals surface area contributed by atoms with E-state index >= 15 is 0 Å². The van der Waals surface area contributed by atoms with Gasteiger partial charge in [-0.2, -0.15) is 0 Å². The molecule has 1 aromatic heterocycles. The number of nitrogens with one attached hydrogen (secondary N) is 1. The van der Waals surface area contributed by atoms with Crippen molar-refractivity contribution < 1.29 is 33.7 Å². The van der Waals surface area contributed by atoms with Gasteiger partial charge in [0, 0.05) is 24.8 Å². The topological polar surface area (TPSA) is 145 Å². The summed E-state index contributed by atoms with van der Waals surface area (Å²) in [4.78, 5) is 39.8. The monoisotopic (exact) mass is 643 g/mol. The second-order valence-corrected chi connectivity index (χ2v) is 12.0. The molecular weight excluding hydrogens is 610 g/mol. The molecule has 2 aliphatic rings. The second kappa shape index (κ2) is 14.3. The molecule has 0 spiro atoms. The quantitative estimate of drug-likeness (QED) is 0.191. The van der Waals surface area contributed by atoms with Crippen LogP contribution in [0.2, 0.25) is 0 Å². The van der Waals surface area contributed by atoms with Crippen molar-refractivity contribution in [3.63, 3.8) is 0 Å². The van der Waals surface area contributed by atoms with Gasteiger partial charge in [0.05, 0.1) is 30.9 Å². The number of hydrogen-bond donors (Lipinski definition) is 2. The highest BCUT2D eigenvalue weighted by Crippen LogP contribution is 2.40. The molecular formula is C33H33N5O7S. The maximum Gasteiger partial charge on any atom is 0.408 e. The molecule has 3 amide bonds. The third-order valence-corrected chi connectivity index (χ3v) is 8.90. The van der Waals surface area contributed by atoms with Crippen LogP contribution in [-0.4, -0.2) is 55.7 Å². The fraction of sp³-hybridized carbons (Fsp3) is 0.303. The van der Waals surface area contributed by atoms with Gasteiger partial charge >= 0.3 is 6.09 Å². The van der Waals surface area contributed by atoms with Gasteiger partial charge in [-0.1, -0.05) is 78.5 Å². The summed E-state index contributed by atoms with van der Waals surface area (Å²) >= 11 is 1.53. The summed E-state index contributed by atoms with van der Waals surface area (Å²) in [6.45, 7) is -0.0141. The van der Waals surface area contributed by atoms with Crippen LogP contribution >= 0.6 is 11.8 Å². The van der Waals surface area contributed by atoms with E-state index in [-0.39, 0.29) is 31.8 Å². The van der Waals surface area contributed by atoms with Gasteiger partial charge in [0.15, 0.2) is 11.4 Å². The Morgan fingerprint density at radius 3 is 2.57 bits per heavy atom. The maximum absolute atomic E-state index is 13.3. The lowest BCUT2D eigenvalue weighted by atomic mass is 10.0. The number of alkyl carbamates (subject to hydrolysis) is 1. The molecule has 0 radical (unpaired) electrons. The highest BCUT2D eigenvalue weighted by Gasteiger charge is 2.41. The fourth-order valence-electron chi connectivity index (χ4n) is 5.33. The predicted octanol–water partition coefficient (Wildman–Crippen LogP) is 4.20. The Kier molecular flexibility index (Phi) is 9.73. The number of aryl methyl sites for hydroxylation is 1. The molecule has 0 aliphatic carbocycles. The smallest absolute Gasteiger partial charge is 0.408 e. The molecule has 12 nitrogen and oxygen atoms in total. The van der Waals surface area contributed by atoms with Crippen molar-refractivity contribution >= 4 is 35.4 Å². The Morgan fingerprint density at radius 1 is 1.02 bits per heavy atom. The number of ether oxygens (including phenoxy) is 3. The Balaban J connectivity index is 1.16. The average molecular weight is 644 g/mol. The molecule has 0 saturated carbocycles. The molecule has 4 atom stereocenters. The first-order valence-corrected chi connectivity index (χ1v) is 15.8. The molecule has 46 heavy (non-hydrogen) atoms. The van der Waals surface area contributed by atoms with Gasteiger partial charge in [-0.25, -0.2) is 9.69 Å². The van der Waals surface area contributed by atoms with Crippen molar-refractivity contribution in [2.24, 2.45) is 7.05 Å². The largest absolute Gasteiger partial charge is 0.445 e. The van der Waals surface area contributed by atoms with Gasteiger partial charge in [-0.15, -0.1) is 10.2 Å². The zero-order valence-corrected chi connectivity index (χ0v) is 25.8. The van der Waals surface area contributed by atoms with E-state index in [1.165, 1.54) is 11.8 Å². The van der Waals surface area contributed by atoms with E-state index < -0.39 is 30.2 Å². The van der Waals surface area contributed by atoms with E-state index in [0.29, 0.717) is 23.4 Å². The maximum atomic E-state index is 13.3. The van der Waals surface area contributed by atoms with Crippen LogP contribution in [0.25, 0.3) is 0 Å². The number of imide groups is 1. The molecule has 2 fully saturated rings. The van der Waals surface area contributed by atoms with Crippen LogP contribution in [0.1, 0.15) is 47.5 Å². The first-order valence-electron chi connectivity index (χ1n) is 14.8. The summed E-state index contributed by atoms with van der Waals surface area (Å²) in [7, 11) is 1.88. The minimum Gasteiger partial charge on any atom is -0.445 e. The molecule has 238 valence electrons. The van der Waals surface area contributed by atoms with Gasteiger partial charge in [0.25, 0.3) is 5.91 Å². The Morgan fingerprint density at radius 2 is 1.83 bits per heavy atom. The number of hydrogen-bond acceptors (Lipinski definition) is 10. The number of benzene rings is 3. The highest BCUT2D eigenvalue weighted by atomic mass is 32.2. The first-order chi connectivity index (χ1) is 22.4. The zero-order chi connectivity index (χ0) is 32.0. The standard InChI is InChI=1S/C33H33N5O7S/c1-37-20-34-36-32(37)46-19-26-15-28(23-12-10-21(17-39)11-13-23)45-31(44-26)24-8-5-9-25(14-24)38-29(40)16-27(30(38)41)35-33(42)43-18-22-6-3-2-4-7-22/h2-14,20,26-28,31,39H,15-19H2,1H3,(H,35,42)/t26-,27?,28+,31+/m0/s1. The molecule has 2 aliphatic heterocycles. The lowest BCUT2D eigenvalue weighted by Crippen LogP contribution is -2.42. The van der Waals surface area contributed by atoms with E-state index in [9.17, 15) is 19.5 Å². The molecule has 2 N–H and O–H groups in total. The summed E-state index contributed by atoms with van der Waals surface area (Å²) in [5.41, 5.74) is 3.51. The lowest BCUT2D eigenvalue weighted by molar-refractivity contribution is -0.245. The molecule has 6 rings (SSSR count). The molecule has 3 aromatic carbocycles. The normalized spacial score (nSPS) is 21.4. The van der Waals surface area contributed by atoms with Crippen LogP contribution < -0.4 is 10.2 Å². The summed E-state index contributed by atoms with van der Waals surface area (Å²) < 4.78 is 19.9. The number of carbonyl (C=O) groups is 3. The number of amides is 3. The fourth-order valence-corrected chi connectivity index (χ4v) is 6.23. The van der Waals surface area contributed by atoms with E-state index in [1.807, 2.05) is 72.3 Å². The number of aliphatic hydroxyl groups excluding tert-OH is 1. The predicted molar refractivity (Wildman–Crippen MR) is 167 cm³/mol. The zero-order valence-electron chi connectivity index (χ0n) is 25.0. The van der Waals surface area contributed by atoms with Gasteiger partial charge in [-0.05, 0) is 28.8 Å². The van der Waals surface area contributed by atoms with Gasteiger partial charge in [-0.3, -0.25) is 9.59 Å². The number of carbonyl (C=O) groups excluding carboxylic acids is 3. The van der Waals surface area contributed by atoms with Crippen LogP contribution in [0.4, 0.5) is 10.5 Å². The molecule has 2 saturated heterocycles. The number of nitrogens with zero attached hydrogens (tertiary/aromatic N) is 4. The Labute approximate surface area is 269 Å². The number of rotatable bonds is 10. The van der Waals surface area contributed by atoms with Crippen LogP contribution in [-0.2, 0) is 44.1 Å². The second-order valence-electron chi connectivity index (χ2n) is 11.0. The van der Waals surface area contributed by atoms with Crippen molar-refractivity contribution in [1.29, 1.82) is 0 Å². The lowest BCUT2D eigenvalue weighted by Gasteiger charge is -2.36. The molecule has 1 unspecified atom stereocenters. The Bertz CT molecular complexity index is 1680. The van der Waals surface area contributed by atoms with E-state index in [0.717, 1.165) is 26.7 Å². The SMILES string of the molecule is Cn1cnnc1SC[C@@H]1C[C@H](c2ccc(CO)cc2)O[C@H](c2cccc(N3C(=O)CC(NC(=O)OCc4ccccc4)C3=O)c2)O1. The van der Waals surface area contributed by atoms with Crippen LogP contribution in [0.3, 0.4) is 0 Å². The van der Waals surface area contributed by atoms with Crippen molar-refractivity contribution in [2.75, 3.05) is 10.7 Å². The number of aromatic nitrogens is 3. The van der Waals surface area contributed by atoms with Gasteiger partial charge in [0.1, 0.15) is 19.0 Å². The number of thioether (sulfide) groups is 1.